The third-order valence-corrected chi connectivity index (χ3v) is 3.34. The fourth-order valence-corrected chi connectivity index (χ4v) is 2.37. The van der Waals surface area contributed by atoms with Crippen LogP contribution in [0.3, 0.4) is 0 Å². The first-order valence-corrected chi connectivity index (χ1v) is 5.70. The molecule has 0 bridgehead atoms. The van der Waals surface area contributed by atoms with Gasteiger partial charge in [-0.15, -0.1) is 0 Å². The van der Waals surface area contributed by atoms with Crippen molar-refractivity contribution in [3.8, 4) is 0 Å². The van der Waals surface area contributed by atoms with E-state index >= 15 is 0 Å². The van der Waals surface area contributed by atoms with Gasteiger partial charge in [-0.3, -0.25) is 0 Å². The van der Waals surface area contributed by atoms with Gasteiger partial charge in [0.05, 0.1) is 0 Å². The van der Waals surface area contributed by atoms with Crippen molar-refractivity contribution in [3.05, 3.63) is 23.6 Å². The summed E-state index contributed by atoms with van der Waals surface area (Å²) in [5.74, 6) is 0. The maximum atomic E-state index is 5.61. The van der Waals surface area contributed by atoms with Crippen molar-refractivity contribution in [1.82, 2.24) is 0 Å². The van der Waals surface area contributed by atoms with E-state index in [1.54, 1.807) is 0 Å². The standard InChI is InChI=1S/C8H14OSi/c1-2-3-6-9-10-7-4-5-8-10/h4-5,7-8,10H,2-3,6H2,1H3. The monoisotopic (exact) mass is 154 g/mol. The van der Waals surface area contributed by atoms with Crippen LogP contribution in [-0.2, 0) is 4.43 Å². The average Bonchev–Trinajstić information content (AvgIpc) is 2.41. The molecular formula is C8H14OSi. The zero-order chi connectivity index (χ0) is 7.23. The number of hydrogen-bond donors (Lipinski definition) is 0. The van der Waals surface area contributed by atoms with Gasteiger partial charge in [0.25, 0.3) is 0 Å². The normalized spacial score (nSPS) is 16.9. The van der Waals surface area contributed by atoms with Gasteiger partial charge in [-0.1, -0.05) is 36.9 Å². The minimum absolute atomic E-state index is 0.946. The SMILES string of the molecule is CCCCO[SiH]1C=CC=C1. The summed E-state index contributed by atoms with van der Waals surface area (Å²) in [6, 6.07) is 0. The lowest BCUT2D eigenvalue weighted by molar-refractivity contribution is 0.323. The molecule has 56 valence electrons. The molecule has 10 heavy (non-hydrogen) atoms. The number of rotatable bonds is 4. The summed E-state index contributed by atoms with van der Waals surface area (Å²) in [7, 11) is -0.974. The van der Waals surface area contributed by atoms with Gasteiger partial charge in [-0.25, -0.2) is 0 Å². The van der Waals surface area contributed by atoms with E-state index in [1.165, 1.54) is 12.8 Å². The minimum atomic E-state index is -0.974. The van der Waals surface area contributed by atoms with Gasteiger partial charge in [0.2, 0.25) is 9.04 Å². The highest BCUT2D eigenvalue weighted by molar-refractivity contribution is 6.64. The number of unbranched alkanes of at least 4 members (excludes halogenated alkanes) is 1. The van der Waals surface area contributed by atoms with Crippen LogP contribution < -0.4 is 0 Å². The Bertz CT molecular complexity index is 128. The highest BCUT2D eigenvalue weighted by Crippen LogP contribution is 2.00. The predicted octanol–water partition coefficient (Wildman–Crippen LogP) is 1.73. The van der Waals surface area contributed by atoms with Gasteiger partial charge in [-0.05, 0) is 6.42 Å². The Morgan fingerprint density at radius 2 is 2.00 bits per heavy atom. The topological polar surface area (TPSA) is 9.23 Å². The van der Waals surface area contributed by atoms with Crippen molar-refractivity contribution in [1.29, 1.82) is 0 Å². The van der Waals surface area contributed by atoms with Gasteiger partial charge in [0.15, 0.2) is 0 Å². The summed E-state index contributed by atoms with van der Waals surface area (Å²) in [5.41, 5.74) is 4.41. The van der Waals surface area contributed by atoms with Crippen molar-refractivity contribution >= 4 is 9.04 Å². The first kappa shape index (κ1) is 7.76. The Balaban J connectivity index is 2.03. The molecule has 1 aliphatic heterocycles. The van der Waals surface area contributed by atoms with Gasteiger partial charge in [0, 0.05) is 6.61 Å². The molecule has 0 amide bonds. The lowest BCUT2D eigenvalue weighted by Crippen LogP contribution is -2.11. The molecule has 0 N–H and O–H groups in total. The third kappa shape index (κ3) is 2.50. The van der Waals surface area contributed by atoms with E-state index in [0.29, 0.717) is 0 Å². The van der Waals surface area contributed by atoms with Crippen LogP contribution in [0.1, 0.15) is 19.8 Å². The van der Waals surface area contributed by atoms with Crippen LogP contribution >= 0.6 is 0 Å². The van der Waals surface area contributed by atoms with Crippen LogP contribution in [0, 0.1) is 0 Å². The Morgan fingerprint density at radius 1 is 1.30 bits per heavy atom. The fraction of sp³-hybridized carbons (Fsp3) is 0.500. The van der Waals surface area contributed by atoms with Gasteiger partial charge >= 0.3 is 0 Å². The van der Waals surface area contributed by atoms with Crippen LogP contribution in [0.15, 0.2) is 23.6 Å². The summed E-state index contributed by atoms with van der Waals surface area (Å²) in [6.45, 7) is 3.13. The highest BCUT2D eigenvalue weighted by atomic mass is 28.3. The van der Waals surface area contributed by atoms with Crippen LogP contribution in [0.5, 0.6) is 0 Å². The van der Waals surface area contributed by atoms with Crippen LogP contribution in [0.2, 0.25) is 0 Å². The Morgan fingerprint density at radius 3 is 2.60 bits per heavy atom. The van der Waals surface area contributed by atoms with E-state index < -0.39 is 9.04 Å². The second kappa shape index (κ2) is 4.47. The Hall–Kier alpha value is -0.343. The molecular weight excluding hydrogens is 140 g/mol. The van der Waals surface area contributed by atoms with Gasteiger partial charge in [0.1, 0.15) is 0 Å². The molecule has 0 aromatic carbocycles. The first-order valence-electron chi connectivity index (χ1n) is 3.90. The van der Waals surface area contributed by atoms with E-state index in [1.807, 2.05) is 0 Å². The molecule has 0 aromatic rings. The van der Waals surface area contributed by atoms with Crippen LogP contribution in [-0.4, -0.2) is 15.6 Å². The zero-order valence-electron chi connectivity index (χ0n) is 6.42. The number of hydrogen-bond acceptors (Lipinski definition) is 1. The van der Waals surface area contributed by atoms with Crippen molar-refractivity contribution in [2.45, 2.75) is 19.8 Å². The molecule has 0 spiro atoms. The van der Waals surface area contributed by atoms with Crippen molar-refractivity contribution < 1.29 is 4.43 Å². The lowest BCUT2D eigenvalue weighted by atomic mass is 10.4. The first-order chi connectivity index (χ1) is 4.93. The molecule has 0 saturated carbocycles. The van der Waals surface area contributed by atoms with E-state index in [9.17, 15) is 0 Å². The average molecular weight is 154 g/mol. The molecule has 0 atom stereocenters. The third-order valence-electron chi connectivity index (χ3n) is 1.52. The summed E-state index contributed by atoms with van der Waals surface area (Å²) < 4.78 is 5.61. The molecule has 0 radical (unpaired) electrons. The molecule has 0 aromatic heterocycles. The van der Waals surface area contributed by atoms with Crippen LogP contribution in [0.4, 0.5) is 0 Å². The molecule has 0 saturated heterocycles. The maximum Gasteiger partial charge on any atom is 0.225 e. The fourth-order valence-electron chi connectivity index (χ4n) is 0.886. The van der Waals surface area contributed by atoms with Crippen molar-refractivity contribution in [2.24, 2.45) is 0 Å². The predicted molar refractivity (Wildman–Crippen MR) is 46.3 cm³/mol. The molecule has 0 fully saturated rings. The summed E-state index contributed by atoms with van der Waals surface area (Å²) >= 11 is 0. The smallest absolute Gasteiger partial charge is 0.225 e. The molecule has 0 aliphatic carbocycles. The lowest BCUT2D eigenvalue weighted by Gasteiger charge is -2.04. The molecule has 1 rings (SSSR count). The van der Waals surface area contributed by atoms with Gasteiger partial charge in [-0.2, -0.15) is 0 Å². The Kier molecular flexibility index (Phi) is 3.47. The summed E-state index contributed by atoms with van der Waals surface area (Å²) in [6.07, 6.45) is 6.60. The van der Waals surface area contributed by atoms with Crippen molar-refractivity contribution in [2.75, 3.05) is 6.61 Å². The Labute approximate surface area is 64.1 Å². The summed E-state index contributed by atoms with van der Waals surface area (Å²) in [5, 5.41) is 0. The largest absolute Gasteiger partial charge is 0.412 e. The second-order valence-electron chi connectivity index (χ2n) is 2.46. The van der Waals surface area contributed by atoms with Crippen molar-refractivity contribution in [3.63, 3.8) is 0 Å². The molecule has 1 nitrogen and oxygen atoms in total. The summed E-state index contributed by atoms with van der Waals surface area (Å²) in [4.78, 5) is 0. The molecule has 2 heteroatoms. The van der Waals surface area contributed by atoms with E-state index in [-0.39, 0.29) is 0 Å². The molecule has 0 unspecified atom stereocenters. The second-order valence-corrected chi connectivity index (χ2v) is 4.49. The quantitative estimate of drug-likeness (QED) is 0.442. The number of allylic oxidation sites excluding steroid dienone is 2. The van der Waals surface area contributed by atoms with E-state index in [2.05, 4.69) is 30.5 Å². The molecule has 1 heterocycles. The van der Waals surface area contributed by atoms with Gasteiger partial charge < -0.3 is 4.43 Å². The minimum Gasteiger partial charge on any atom is -0.412 e. The maximum absolute atomic E-state index is 5.61. The van der Waals surface area contributed by atoms with Crippen LogP contribution in [0.25, 0.3) is 0 Å². The van der Waals surface area contributed by atoms with E-state index in [4.69, 9.17) is 4.43 Å². The molecule has 1 aliphatic rings. The zero-order valence-corrected chi connectivity index (χ0v) is 7.57. The van der Waals surface area contributed by atoms with E-state index in [0.717, 1.165) is 6.61 Å². The highest BCUT2D eigenvalue weighted by Gasteiger charge is 2.04.